The Morgan fingerprint density at radius 3 is 2.45 bits per heavy atom. The van der Waals surface area contributed by atoms with Crippen molar-refractivity contribution in [3.63, 3.8) is 0 Å². The van der Waals surface area contributed by atoms with Crippen LogP contribution in [0.5, 0.6) is 5.75 Å². The molecular formula is C24H31ClN2O2. The summed E-state index contributed by atoms with van der Waals surface area (Å²) in [5.74, 6) is 0.563. The molecule has 1 N–H and O–H groups in total. The van der Waals surface area contributed by atoms with Gasteiger partial charge in [0.05, 0.1) is 0 Å². The van der Waals surface area contributed by atoms with Crippen molar-refractivity contribution in [1.82, 2.24) is 10.2 Å². The van der Waals surface area contributed by atoms with Crippen LogP contribution in [0, 0.1) is 6.92 Å². The van der Waals surface area contributed by atoms with Crippen LogP contribution < -0.4 is 10.1 Å². The van der Waals surface area contributed by atoms with Crippen LogP contribution in [-0.4, -0.2) is 30.0 Å². The number of aryl methyl sites for hydroxylation is 1. The largest absolute Gasteiger partial charge is 0.481 e. The number of nitrogens with zero attached hydrogens (tertiary/aromatic N) is 1. The van der Waals surface area contributed by atoms with E-state index in [2.05, 4.69) is 34.5 Å². The molecule has 0 bridgehead atoms. The normalized spacial score (nSPS) is 15.7. The summed E-state index contributed by atoms with van der Waals surface area (Å²) in [6.07, 6.45) is 4.05. The van der Waals surface area contributed by atoms with Crippen LogP contribution in [0.3, 0.4) is 0 Å². The van der Waals surface area contributed by atoms with E-state index in [4.69, 9.17) is 16.3 Å². The third-order valence-corrected chi connectivity index (χ3v) is 5.84. The fraction of sp³-hybridized carbons (Fsp3) is 0.458. The smallest absolute Gasteiger partial charge is 0.261 e. The van der Waals surface area contributed by atoms with Crippen LogP contribution in [0.15, 0.2) is 42.5 Å². The second-order valence-corrected chi connectivity index (χ2v) is 8.20. The molecule has 2 aromatic rings. The standard InChI is InChI=1S/C24H31ClN2O2/c1-3-23(29-21-11-12-22(25)18(2)15-21)24(28)26-16-19-7-9-20(10-8-19)17-27-13-5-4-6-14-27/h7-12,15,23H,3-6,13-14,16-17H2,1-2H3,(H,26,28)/t23-/m1/s1. The highest BCUT2D eigenvalue weighted by atomic mass is 35.5. The molecule has 0 unspecified atom stereocenters. The summed E-state index contributed by atoms with van der Waals surface area (Å²) in [6, 6.07) is 14.0. The predicted molar refractivity (Wildman–Crippen MR) is 118 cm³/mol. The quantitative estimate of drug-likeness (QED) is 0.652. The van der Waals surface area contributed by atoms with Gasteiger partial charge < -0.3 is 10.1 Å². The van der Waals surface area contributed by atoms with Crippen molar-refractivity contribution in [2.24, 2.45) is 0 Å². The predicted octanol–water partition coefficient (Wildman–Crippen LogP) is 5.11. The Morgan fingerprint density at radius 2 is 1.79 bits per heavy atom. The summed E-state index contributed by atoms with van der Waals surface area (Å²) in [6.45, 7) is 7.78. The summed E-state index contributed by atoms with van der Waals surface area (Å²) in [5.41, 5.74) is 3.36. The van der Waals surface area contributed by atoms with E-state index in [0.29, 0.717) is 23.7 Å². The number of carbonyl (C=O) groups excluding carboxylic acids is 1. The highest BCUT2D eigenvalue weighted by molar-refractivity contribution is 6.31. The van der Waals surface area contributed by atoms with Gasteiger partial charge in [-0.1, -0.05) is 49.2 Å². The third kappa shape index (κ3) is 6.48. The molecule has 156 valence electrons. The van der Waals surface area contributed by atoms with Gasteiger partial charge in [0, 0.05) is 18.1 Å². The van der Waals surface area contributed by atoms with Gasteiger partial charge in [-0.2, -0.15) is 0 Å². The van der Waals surface area contributed by atoms with E-state index in [1.165, 1.54) is 37.9 Å². The van der Waals surface area contributed by atoms with Crippen molar-refractivity contribution in [1.29, 1.82) is 0 Å². The fourth-order valence-corrected chi connectivity index (χ4v) is 3.74. The molecule has 0 radical (unpaired) electrons. The lowest BCUT2D eigenvalue weighted by Crippen LogP contribution is -2.37. The average molecular weight is 415 g/mol. The minimum absolute atomic E-state index is 0.0995. The van der Waals surface area contributed by atoms with Gasteiger partial charge in [0.25, 0.3) is 5.91 Å². The summed E-state index contributed by atoms with van der Waals surface area (Å²) in [4.78, 5) is 15.1. The number of carbonyl (C=O) groups is 1. The van der Waals surface area contributed by atoms with Crippen LogP contribution in [0.4, 0.5) is 0 Å². The molecule has 1 aliphatic rings. The maximum atomic E-state index is 12.6. The maximum Gasteiger partial charge on any atom is 0.261 e. The zero-order valence-electron chi connectivity index (χ0n) is 17.4. The van der Waals surface area contributed by atoms with Crippen LogP contribution in [0.1, 0.15) is 49.3 Å². The Kier molecular flexibility index (Phi) is 7.96. The van der Waals surface area contributed by atoms with Crippen molar-refractivity contribution in [2.75, 3.05) is 13.1 Å². The summed E-state index contributed by atoms with van der Waals surface area (Å²) in [7, 11) is 0. The summed E-state index contributed by atoms with van der Waals surface area (Å²) in [5, 5.41) is 3.69. The van der Waals surface area contributed by atoms with Gasteiger partial charge in [-0.15, -0.1) is 0 Å². The summed E-state index contributed by atoms with van der Waals surface area (Å²) < 4.78 is 5.88. The molecule has 4 nitrogen and oxygen atoms in total. The number of rotatable bonds is 8. The molecule has 2 aromatic carbocycles. The number of benzene rings is 2. The van der Waals surface area contributed by atoms with Gasteiger partial charge in [-0.3, -0.25) is 9.69 Å². The summed E-state index contributed by atoms with van der Waals surface area (Å²) >= 11 is 6.06. The van der Waals surface area contributed by atoms with Crippen molar-refractivity contribution in [2.45, 2.75) is 58.7 Å². The highest BCUT2D eigenvalue weighted by Crippen LogP contribution is 2.22. The van der Waals surface area contributed by atoms with Gasteiger partial charge in [0.1, 0.15) is 5.75 Å². The number of halogens is 1. The molecule has 1 fully saturated rings. The molecule has 0 saturated carbocycles. The Morgan fingerprint density at radius 1 is 1.10 bits per heavy atom. The van der Waals surface area contributed by atoms with E-state index in [-0.39, 0.29) is 5.91 Å². The van der Waals surface area contributed by atoms with E-state index < -0.39 is 6.10 Å². The Bertz CT molecular complexity index is 801. The SMILES string of the molecule is CC[C@@H](Oc1ccc(Cl)c(C)c1)C(=O)NCc1ccc(CN2CCCCC2)cc1. The van der Waals surface area contributed by atoms with E-state index in [1.54, 1.807) is 12.1 Å². The van der Waals surface area contributed by atoms with Crippen molar-refractivity contribution < 1.29 is 9.53 Å². The molecule has 1 saturated heterocycles. The number of nitrogens with one attached hydrogen (secondary N) is 1. The van der Waals surface area contributed by atoms with E-state index >= 15 is 0 Å². The molecule has 0 aliphatic carbocycles. The molecule has 1 heterocycles. The first-order valence-corrected chi connectivity index (χ1v) is 10.9. The molecule has 3 rings (SSSR count). The van der Waals surface area contributed by atoms with E-state index in [9.17, 15) is 4.79 Å². The highest BCUT2D eigenvalue weighted by Gasteiger charge is 2.18. The minimum atomic E-state index is -0.519. The third-order valence-electron chi connectivity index (χ3n) is 5.42. The molecule has 0 aromatic heterocycles. The van der Waals surface area contributed by atoms with E-state index in [0.717, 1.165) is 17.7 Å². The number of piperidine rings is 1. The van der Waals surface area contributed by atoms with Gasteiger partial charge in [0.15, 0.2) is 6.10 Å². The van der Waals surface area contributed by atoms with Crippen molar-refractivity contribution in [3.05, 3.63) is 64.2 Å². The zero-order chi connectivity index (χ0) is 20.6. The van der Waals surface area contributed by atoms with Crippen LogP contribution >= 0.6 is 11.6 Å². The molecule has 0 spiro atoms. The van der Waals surface area contributed by atoms with Crippen LogP contribution in [-0.2, 0) is 17.9 Å². The number of ether oxygens (including phenoxy) is 1. The second-order valence-electron chi connectivity index (χ2n) is 7.80. The first kappa shape index (κ1) is 21.7. The topological polar surface area (TPSA) is 41.6 Å². The Labute approximate surface area is 179 Å². The minimum Gasteiger partial charge on any atom is -0.481 e. The first-order chi connectivity index (χ1) is 14.0. The number of hydrogen-bond donors (Lipinski definition) is 1. The number of hydrogen-bond acceptors (Lipinski definition) is 3. The molecular weight excluding hydrogens is 384 g/mol. The van der Waals surface area contributed by atoms with Crippen molar-refractivity contribution >= 4 is 17.5 Å². The molecule has 29 heavy (non-hydrogen) atoms. The zero-order valence-corrected chi connectivity index (χ0v) is 18.2. The monoisotopic (exact) mass is 414 g/mol. The number of amides is 1. The fourth-order valence-electron chi connectivity index (χ4n) is 3.62. The lowest BCUT2D eigenvalue weighted by atomic mass is 10.1. The van der Waals surface area contributed by atoms with Gasteiger partial charge in [-0.05, 0) is 74.2 Å². The molecule has 1 amide bonds. The Hall–Kier alpha value is -2.04. The van der Waals surface area contributed by atoms with Crippen LogP contribution in [0.25, 0.3) is 0 Å². The Balaban J connectivity index is 1.49. The first-order valence-electron chi connectivity index (χ1n) is 10.6. The number of likely N-dealkylation sites (tertiary alicyclic amines) is 1. The van der Waals surface area contributed by atoms with Crippen molar-refractivity contribution in [3.8, 4) is 5.75 Å². The van der Waals surface area contributed by atoms with Gasteiger partial charge in [0.2, 0.25) is 0 Å². The average Bonchev–Trinajstić information content (AvgIpc) is 2.74. The molecule has 1 aliphatic heterocycles. The van der Waals surface area contributed by atoms with Gasteiger partial charge in [-0.25, -0.2) is 0 Å². The van der Waals surface area contributed by atoms with Gasteiger partial charge >= 0.3 is 0 Å². The second kappa shape index (κ2) is 10.7. The van der Waals surface area contributed by atoms with E-state index in [1.807, 2.05) is 19.9 Å². The van der Waals surface area contributed by atoms with Crippen LogP contribution in [0.2, 0.25) is 5.02 Å². The molecule has 5 heteroatoms. The lowest BCUT2D eigenvalue weighted by Gasteiger charge is -2.26. The lowest BCUT2D eigenvalue weighted by molar-refractivity contribution is -0.128. The maximum absolute atomic E-state index is 12.6. The molecule has 1 atom stereocenters.